The van der Waals surface area contributed by atoms with Crippen molar-refractivity contribution in [3.8, 4) is 5.75 Å². The van der Waals surface area contributed by atoms with Gasteiger partial charge in [-0.15, -0.1) is 0 Å². The summed E-state index contributed by atoms with van der Waals surface area (Å²) in [5.41, 5.74) is 0.233. The molecule has 0 saturated carbocycles. The molecule has 0 fully saturated rings. The quantitative estimate of drug-likeness (QED) is 0.546. The fraction of sp³-hybridized carbons (Fsp3) is 0.111. The first kappa shape index (κ1) is 13.0. The lowest BCUT2D eigenvalue weighted by Gasteiger charge is -2.10. The number of phenols is 1. The highest BCUT2D eigenvalue weighted by Crippen LogP contribution is 2.34. The maximum absolute atomic E-state index is 10.7. The highest BCUT2D eigenvalue weighted by atomic mass is 35.5. The van der Waals surface area contributed by atoms with E-state index in [0.29, 0.717) is 5.02 Å². The number of benzene rings is 1. The first-order chi connectivity index (χ1) is 7.40. The predicted octanol–water partition coefficient (Wildman–Crippen LogP) is 2.53. The zero-order chi connectivity index (χ0) is 12.3. The Morgan fingerprint density at radius 1 is 1.44 bits per heavy atom. The number of nitrogens with one attached hydrogen (secondary N) is 2. The van der Waals surface area contributed by atoms with Crippen LogP contribution in [-0.2, 0) is 4.79 Å². The number of amides is 1. The summed E-state index contributed by atoms with van der Waals surface area (Å²) in [6, 6.07) is 2.84. The van der Waals surface area contributed by atoms with Gasteiger partial charge in [0, 0.05) is 11.9 Å². The highest BCUT2D eigenvalue weighted by molar-refractivity contribution is 7.80. The lowest BCUT2D eigenvalue weighted by Crippen LogP contribution is -2.32. The van der Waals surface area contributed by atoms with Crippen LogP contribution in [0.15, 0.2) is 12.1 Å². The maximum atomic E-state index is 10.7. The molecule has 0 aliphatic heterocycles. The average molecular weight is 279 g/mol. The van der Waals surface area contributed by atoms with Crippen molar-refractivity contribution in [1.82, 2.24) is 5.32 Å². The van der Waals surface area contributed by atoms with Gasteiger partial charge in [-0.25, -0.2) is 0 Å². The third kappa shape index (κ3) is 3.52. The predicted molar refractivity (Wildman–Crippen MR) is 68.2 cm³/mol. The van der Waals surface area contributed by atoms with Crippen molar-refractivity contribution in [1.29, 1.82) is 0 Å². The SMILES string of the molecule is CC(=O)NC(=S)Nc1cc(Cl)cc(Cl)c1O. The number of halogens is 2. The Kier molecular flexibility index (Phi) is 4.35. The Balaban J connectivity index is 2.89. The molecule has 3 N–H and O–H groups in total. The summed E-state index contributed by atoms with van der Waals surface area (Å²) in [7, 11) is 0. The maximum Gasteiger partial charge on any atom is 0.222 e. The van der Waals surface area contributed by atoms with Crippen LogP contribution in [0.2, 0.25) is 10.0 Å². The van der Waals surface area contributed by atoms with Crippen molar-refractivity contribution >= 4 is 52.1 Å². The molecule has 4 nitrogen and oxygen atoms in total. The Morgan fingerprint density at radius 2 is 2.06 bits per heavy atom. The Bertz CT molecular complexity index is 451. The minimum Gasteiger partial charge on any atom is -0.504 e. The lowest BCUT2D eigenvalue weighted by atomic mass is 10.3. The van der Waals surface area contributed by atoms with E-state index in [1.54, 1.807) is 0 Å². The molecular weight excluding hydrogens is 271 g/mol. The zero-order valence-electron chi connectivity index (χ0n) is 8.17. The van der Waals surface area contributed by atoms with Crippen molar-refractivity contribution < 1.29 is 9.90 Å². The number of hydrogen-bond acceptors (Lipinski definition) is 3. The van der Waals surface area contributed by atoms with Gasteiger partial charge in [-0.3, -0.25) is 4.79 Å². The first-order valence-electron chi connectivity index (χ1n) is 4.16. The number of thiocarbonyl (C=S) groups is 1. The van der Waals surface area contributed by atoms with E-state index in [1.807, 2.05) is 0 Å². The van der Waals surface area contributed by atoms with E-state index in [9.17, 15) is 9.90 Å². The van der Waals surface area contributed by atoms with Crippen molar-refractivity contribution in [3.63, 3.8) is 0 Å². The van der Waals surface area contributed by atoms with Gasteiger partial charge < -0.3 is 15.7 Å². The first-order valence-corrected chi connectivity index (χ1v) is 5.33. The second-order valence-corrected chi connectivity index (χ2v) is 4.17. The van der Waals surface area contributed by atoms with Crippen LogP contribution in [0.5, 0.6) is 5.75 Å². The second-order valence-electron chi connectivity index (χ2n) is 2.92. The zero-order valence-corrected chi connectivity index (χ0v) is 10.5. The van der Waals surface area contributed by atoms with E-state index in [1.165, 1.54) is 19.1 Å². The lowest BCUT2D eigenvalue weighted by molar-refractivity contribution is -0.117. The molecule has 1 aromatic carbocycles. The van der Waals surface area contributed by atoms with Crippen molar-refractivity contribution in [2.24, 2.45) is 0 Å². The van der Waals surface area contributed by atoms with Gasteiger partial charge in [-0.2, -0.15) is 0 Å². The van der Waals surface area contributed by atoms with Crippen LogP contribution < -0.4 is 10.6 Å². The molecule has 0 atom stereocenters. The molecule has 0 radical (unpaired) electrons. The van der Waals surface area contributed by atoms with E-state index >= 15 is 0 Å². The molecule has 0 aliphatic carbocycles. The van der Waals surface area contributed by atoms with Crippen LogP contribution in [-0.4, -0.2) is 16.1 Å². The summed E-state index contributed by atoms with van der Waals surface area (Å²) in [6.45, 7) is 1.32. The van der Waals surface area contributed by atoms with Crippen molar-refractivity contribution in [2.45, 2.75) is 6.92 Å². The van der Waals surface area contributed by atoms with Gasteiger partial charge in [-0.05, 0) is 24.4 Å². The molecule has 86 valence electrons. The second kappa shape index (κ2) is 5.34. The van der Waals surface area contributed by atoms with Gasteiger partial charge in [0.2, 0.25) is 5.91 Å². The van der Waals surface area contributed by atoms with Gasteiger partial charge in [-0.1, -0.05) is 23.2 Å². The van der Waals surface area contributed by atoms with E-state index in [0.717, 1.165) is 0 Å². The molecular formula is C9H8Cl2N2O2S. The van der Waals surface area contributed by atoms with Crippen molar-refractivity contribution in [2.75, 3.05) is 5.32 Å². The highest BCUT2D eigenvalue weighted by Gasteiger charge is 2.09. The summed E-state index contributed by atoms with van der Waals surface area (Å²) in [5, 5.41) is 15.0. The third-order valence-corrected chi connectivity index (χ3v) is 2.28. The van der Waals surface area contributed by atoms with Gasteiger partial charge in [0.15, 0.2) is 10.9 Å². The molecule has 0 unspecified atom stereocenters. The molecule has 0 aliphatic rings. The molecule has 1 aromatic rings. The summed E-state index contributed by atoms with van der Waals surface area (Å²) < 4.78 is 0. The number of anilines is 1. The number of carbonyl (C=O) groups is 1. The summed E-state index contributed by atoms with van der Waals surface area (Å²) in [6.07, 6.45) is 0. The van der Waals surface area contributed by atoms with E-state index in [-0.39, 0.29) is 27.5 Å². The van der Waals surface area contributed by atoms with Crippen LogP contribution in [0.1, 0.15) is 6.92 Å². The molecule has 1 amide bonds. The number of rotatable bonds is 1. The Morgan fingerprint density at radius 3 is 2.62 bits per heavy atom. The normalized spacial score (nSPS) is 9.69. The number of phenolic OH excluding ortho intramolecular Hbond substituents is 1. The fourth-order valence-electron chi connectivity index (χ4n) is 0.975. The van der Waals surface area contributed by atoms with Crippen LogP contribution in [0.25, 0.3) is 0 Å². The van der Waals surface area contributed by atoms with Crippen LogP contribution in [0, 0.1) is 0 Å². The smallest absolute Gasteiger partial charge is 0.222 e. The molecule has 7 heteroatoms. The van der Waals surface area contributed by atoms with E-state index < -0.39 is 0 Å². The fourth-order valence-corrected chi connectivity index (χ4v) is 1.72. The molecule has 0 saturated heterocycles. The molecule has 0 aromatic heterocycles. The van der Waals surface area contributed by atoms with Crippen LogP contribution in [0.3, 0.4) is 0 Å². The number of aromatic hydroxyl groups is 1. The summed E-state index contributed by atoms with van der Waals surface area (Å²) in [4.78, 5) is 10.7. The Labute approximate surface area is 108 Å². The van der Waals surface area contributed by atoms with Gasteiger partial charge in [0.05, 0.1) is 10.7 Å². The molecule has 0 spiro atoms. The minimum atomic E-state index is -0.315. The summed E-state index contributed by atoms with van der Waals surface area (Å²) >= 11 is 16.3. The summed E-state index contributed by atoms with van der Waals surface area (Å²) in [5.74, 6) is -0.496. The standard InChI is InChI=1S/C9H8Cl2N2O2S/c1-4(14)12-9(16)13-7-3-5(10)2-6(11)8(7)15/h2-3,15H,1H3,(H2,12,13,14,16). The van der Waals surface area contributed by atoms with Gasteiger partial charge in [0.25, 0.3) is 0 Å². The third-order valence-electron chi connectivity index (χ3n) is 1.57. The molecule has 1 rings (SSSR count). The topological polar surface area (TPSA) is 61.4 Å². The van der Waals surface area contributed by atoms with Crippen LogP contribution >= 0.6 is 35.4 Å². The Hall–Kier alpha value is -1.04. The molecule has 16 heavy (non-hydrogen) atoms. The molecule has 0 heterocycles. The van der Waals surface area contributed by atoms with Crippen molar-refractivity contribution in [3.05, 3.63) is 22.2 Å². The average Bonchev–Trinajstić information content (AvgIpc) is 2.11. The number of hydrogen-bond donors (Lipinski definition) is 3. The van der Waals surface area contributed by atoms with Gasteiger partial charge >= 0.3 is 0 Å². The van der Waals surface area contributed by atoms with E-state index in [4.69, 9.17) is 35.4 Å². The molecule has 0 bridgehead atoms. The van der Waals surface area contributed by atoms with E-state index in [2.05, 4.69) is 10.6 Å². The largest absolute Gasteiger partial charge is 0.504 e. The monoisotopic (exact) mass is 278 g/mol. The van der Waals surface area contributed by atoms with Crippen LogP contribution in [0.4, 0.5) is 5.69 Å². The van der Waals surface area contributed by atoms with Gasteiger partial charge in [0.1, 0.15) is 0 Å². The minimum absolute atomic E-state index is 0.0566. The number of carbonyl (C=O) groups excluding carboxylic acids is 1.